The minimum atomic E-state index is -0.631. The van der Waals surface area contributed by atoms with E-state index in [0.717, 1.165) is 5.56 Å². The molecule has 0 radical (unpaired) electrons. The molecule has 0 aliphatic heterocycles. The second-order valence-corrected chi connectivity index (χ2v) is 5.59. The predicted octanol–water partition coefficient (Wildman–Crippen LogP) is 2.20. The van der Waals surface area contributed by atoms with Gasteiger partial charge in [-0.05, 0) is 31.5 Å². The van der Waals surface area contributed by atoms with Crippen molar-refractivity contribution in [2.24, 2.45) is 5.73 Å². The molecule has 6 nitrogen and oxygen atoms in total. The highest BCUT2D eigenvalue weighted by Crippen LogP contribution is 2.08. The minimum absolute atomic E-state index is 0. The van der Waals surface area contributed by atoms with Gasteiger partial charge >= 0.3 is 0 Å². The van der Waals surface area contributed by atoms with Gasteiger partial charge in [0.2, 0.25) is 5.91 Å². The summed E-state index contributed by atoms with van der Waals surface area (Å²) in [5.41, 5.74) is 7.01. The van der Waals surface area contributed by atoms with E-state index in [1.165, 1.54) is 12.5 Å². The zero-order chi connectivity index (χ0) is 17.4. The molecule has 0 saturated heterocycles. The summed E-state index contributed by atoms with van der Waals surface area (Å²) in [4.78, 5) is 26.5. The average molecular weight is 366 g/mol. The first-order chi connectivity index (χ1) is 11.6. The Bertz CT molecular complexity index is 647. The molecule has 0 bridgehead atoms. The molecule has 1 unspecified atom stereocenters. The largest absolute Gasteiger partial charge is 0.472 e. The quantitative estimate of drug-likeness (QED) is 0.750. The molecule has 0 fully saturated rings. The highest BCUT2D eigenvalue weighted by Gasteiger charge is 2.22. The number of nitrogens with one attached hydrogen (secondary N) is 1. The maximum Gasteiger partial charge on any atom is 0.255 e. The van der Waals surface area contributed by atoms with Gasteiger partial charge in [0.1, 0.15) is 12.3 Å². The molecule has 2 rings (SSSR count). The fourth-order valence-electron chi connectivity index (χ4n) is 2.36. The number of rotatable bonds is 8. The summed E-state index contributed by atoms with van der Waals surface area (Å²) in [6, 6.07) is 10.7. The van der Waals surface area contributed by atoms with E-state index in [4.69, 9.17) is 10.2 Å². The number of carbonyl (C=O) groups is 2. The van der Waals surface area contributed by atoms with Crippen molar-refractivity contribution in [1.82, 2.24) is 10.2 Å². The standard InChI is InChI=1S/C18H23N3O3.ClH/c1-14(20-17(22)16-8-11-24-13-16)18(23)21(10-5-9-19)12-15-6-3-2-4-7-15;/h2-4,6-8,11,13-14H,5,9-10,12,19H2,1H3,(H,20,22);1H. The average Bonchev–Trinajstić information content (AvgIpc) is 3.13. The second-order valence-electron chi connectivity index (χ2n) is 5.59. The zero-order valence-electron chi connectivity index (χ0n) is 14.2. The first-order valence-electron chi connectivity index (χ1n) is 7.97. The third-order valence-corrected chi connectivity index (χ3v) is 3.66. The molecule has 3 N–H and O–H groups in total. The van der Waals surface area contributed by atoms with Crippen LogP contribution in [0.1, 0.15) is 29.3 Å². The molecule has 1 atom stereocenters. The van der Waals surface area contributed by atoms with Crippen molar-refractivity contribution in [2.45, 2.75) is 25.9 Å². The van der Waals surface area contributed by atoms with E-state index in [9.17, 15) is 9.59 Å². The third kappa shape index (κ3) is 6.25. The molecule has 0 aliphatic carbocycles. The number of amides is 2. The van der Waals surface area contributed by atoms with Crippen molar-refractivity contribution >= 4 is 24.2 Å². The van der Waals surface area contributed by atoms with Crippen molar-refractivity contribution in [3.63, 3.8) is 0 Å². The SMILES string of the molecule is CC(NC(=O)c1ccoc1)C(=O)N(CCCN)Cc1ccccc1.Cl. The molecule has 1 aromatic heterocycles. The van der Waals surface area contributed by atoms with Crippen LogP contribution in [0.5, 0.6) is 0 Å². The lowest BCUT2D eigenvalue weighted by molar-refractivity contribution is -0.133. The zero-order valence-corrected chi connectivity index (χ0v) is 15.0. The summed E-state index contributed by atoms with van der Waals surface area (Å²) in [5.74, 6) is -0.466. The Balaban J connectivity index is 0.00000312. The van der Waals surface area contributed by atoms with Gasteiger partial charge < -0.3 is 20.4 Å². The van der Waals surface area contributed by atoms with E-state index in [0.29, 0.717) is 31.6 Å². The smallest absolute Gasteiger partial charge is 0.255 e. The maximum atomic E-state index is 12.7. The van der Waals surface area contributed by atoms with Gasteiger partial charge in [0.15, 0.2) is 0 Å². The summed E-state index contributed by atoms with van der Waals surface area (Å²) in [6.07, 6.45) is 3.48. The van der Waals surface area contributed by atoms with E-state index in [1.54, 1.807) is 17.9 Å². The number of hydrogen-bond acceptors (Lipinski definition) is 4. The number of benzene rings is 1. The molecule has 0 aliphatic rings. The lowest BCUT2D eigenvalue weighted by atomic mass is 10.1. The molecule has 136 valence electrons. The molecule has 2 amide bonds. The highest BCUT2D eigenvalue weighted by molar-refractivity contribution is 5.97. The molecular formula is C18H24ClN3O3. The summed E-state index contributed by atoms with van der Waals surface area (Å²) in [7, 11) is 0. The number of nitrogens with two attached hydrogens (primary N) is 1. The molecule has 1 heterocycles. The molecule has 2 aromatic rings. The lowest BCUT2D eigenvalue weighted by Gasteiger charge is -2.26. The van der Waals surface area contributed by atoms with Gasteiger partial charge in [-0.25, -0.2) is 0 Å². The van der Waals surface area contributed by atoms with Crippen LogP contribution in [0.15, 0.2) is 53.3 Å². The Morgan fingerprint density at radius 3 is 2.56 bits per heavy atom. The first-order valence-corrected chi connectivity index (χ1v) is 7.97. The Morgan fingerprint density at radius 1 is 1.24 bits per heavy atom. The van der Waals surface area contributed by atoms with Crippen LogP contribution < -0.4 is 11.1 Å². The highest BCUT2D eigenvalue weighted by atomic mass is 35.5. The van der Waals surface area contributed by atoms with Crippen LogP contribution in [0.4, 0.5) is 0 Å². The summed E-state index contributed by atoms with van der Waals surface area (Å²) in [6.45, 7) is 3.23. The van der Waals surface area contributed by atoms with Crippen LogP contribution in [0, 0.1) is 0 Å². The Labute approximate surface area is 153 Å². The van der Waals surface area contributed by atoms with Crippen LogP contribution in [0.25, 0.3) is 0 Å². The number of nitrogens with zero attached hydrogens (tertiary/aromatic N) is 1. The molecule has 0 saturated carbocycles. The van der Waals surface area contributed by atoms with Crippen LogP contribution >= 0.6 is 12.4 Å². The Morgan fingerprint density at radius 2 is 1.96 bits per heavy atom. The van der Waals surface area contributed by atoms with E-state index in [-0.39, 0.29) is 24.2 Å². The number of halogens is 1. The van der Waals surface area contributed by atoms with Crippen LogP contribution in [0.2, 0.25) is 0 Å². The Hall–Kier alpha value is -2.31. The van der Waals surface area contributed by atoms with E-state index < -0.39 is 6.04 Å². The molecule has 7 heteroatoms. The van der Waals surface area contributed by atoms with E-state index in [1.807, 2.05) is 30.3 Å². The minimum Gasteiger partial charge on any atom is -0.472 e. The van der Waals surface area contributed by atoms with Gasteiger partial charge in [0.25, 0.3) is 5.91 Å². The molecule has 1 aromatic carbocycles. The number of hydrogen-bond donors (Lipinski definition) is 2. The van der Waals surface area contributed by atoms with Gasteiger partial charge in [-0.1, -0.05) is 30.3 Å². The van der Waals surface area contributed by atoms with Gasteiger partial charge in [-0.2, -0.15) is 0 Å². The molecule has 0 spiro atoms. The lowest BCUT2D eigenvalue weighted by Crippen LogP contribution is -2.47. The van der Waals surface area contributed by atoms with Crippen molar-refractivity contribution in [1.29, 1.82) is 0 Å². The summed E-state index contributed by atoms with van der Waals surface area (Å²) >= 11 is 0. The van der Waals surface area contributed by atoms with Gasteiger partial charge in [0, 0.05) is 13.1 Å². The maximum absolute atomic E-state index is 12.7. The fraction of sp³-hybridized carbons (Fsp3) is 0.333. The monoisotopic (exact) mass is 365 g/mol. The van der Waals surface area contributed by atoms with Gasteiger partial charge in [0.05, 0.1) is 11.8 Å². The normalized spacial score (nSPS) is 11.3. The van der Waals surface area contributed by atoms with Gasteiger partial charge in [-0.15, -0.1) is 12.4 Å². The Kier molecular flexibility index (Phi) is 8.74. The van der Waals surface area contributed by atoms with E-state index in [2.05, 4.69) is 5.32 Å². The van der Waals surface area contributed by atoms with Crippen molar-refractivity contribution in [3.8, 4) is 0 Å². The first kappa shape index (κ1) is 20.7. The van der Waals surface area contributed by atoms with Crippen molar-refractivity contribution < 1.29 is 14.0 Å². The number of carbonyl (C=O) groups excluding carboxylic acids is 2. The predicted molar refractivity (Wildman–Crippen MR) is 98.4 cm³/mol. The topological polar surface area (TPSA) is 88.6 Å². The van der Waals surface area contributed by atoms with Gasteiger partial charge in [-0.3, -0.25) is 9.59 Å². The fourth-order valence-corrected chi connectivity index (χ4v) is 2.36. The summed E-state index contributed by atoms with van der Waals surface area (Å²) in [5, 5.41) is 2.70. The molecular weight excluding hydrogens is 342 g/mol. The van der Waals surface area contributed by atoms with Crippen molar-refractivity contribution in [2.75, 3.05) is 13.1 Å². The van der Waals surface area contributed by atoms with Crippen LogP contribution in [0.3, 0.4) is 0 Å². The van der Waals surface area contributed by atoms with E-state index >= 15 is 0 Å². The van der Waals surface area contributed by atoms with Crippen molar-refractivity contribution in [3.05, 3.63) is 60.1 Å². The third-order valence-electron chi connectivity index (χ3n) is 3.66. The molecule has 25 heavy (non-hydrogen) atoms. The van der Waals surface area contributed by atoms with Crippen LogP contribution in [-0.2, 0) is 11.3 Å². The second kappa shape index (κ2) is 10.5. The summed E-state index contributed by atoms with van der Waals surface area (Å²) < 4.78 is 4.89. The number of furan rings is 1. The van der Waals surface area contributed by atoms with Crippen LogP contribution in [-0.4, -0.2) is 35.8 Å².